The third kappa shape index (κ3) is 3.52. The minimum Gasteiger partial charge on any atom is -0.478 e. The first kappa shape index (κ1) is 13.0. The van der Waals surface area contributed by atoms with Crippen molar-refractivity contribution < 1.29 is 9.90 Å². The Labute approximate surface area is 104 Å². The highest BCUT2D eigenvalue weighted by molar-refractivity contribution is 6.42. The maximum absolute atomic E-state index is 10.4. The predicted molar refractivity (Wildman–Crippen MR) is 65.0 cm³/mol. The molecule has 1 rings (SSSR count). The molecule has 2 N–H and O–H groups in total. The number of carboxylic acid groups (broad SMARTS) is 1. The summed E-state index contributed by atoms with van der Waals surface area (Å²) in [6.07, 6.45) is 2.63. The predicted octanol–water partition coefficient (Wildman–Crippen LogP) is 2.89. The number of likely N-dealkylation sites (N-methyl/N-ethyl adjacent to an activating group) is 1. The van der Waals surface area contributed by atoms with E-state index in [1.54, 1.807) is 31.3 Å². The fraction of sp³-hybridized carbons (Fsp3) is 0.182. The summed E-state index contributed by atoms with van der Waals surface area (Å²) in [4.78, 5) is 10.4. The zero-order valence-electron chi connectivity index (χ0n) is 8.58. The summed E-state index contributed by atoms with van der Waals surface area (Å²) in [5.41, 5.74) is 0.856. The van der Waals surface area contributed by atoms with Crippen LogP contribution in [0.2, 0.25) is 10.0 Å². The van der Waals surface area contributed by atoms with Crippen molar-refractivity contribution in [3.63, 3.8) is 0 Å². The van der Waals surface area contributed by atoms with Gasteiger partial charge in [-0.25, -0.2) is 4.79 Å². The monoisotopic (exact) mass is 259 g/mol. The van der Waals surface area contributed by atoms with E-state index in [0.717, 1.165) is 11.6 Å². The Morgan fingerprint density at radius 3 is 2.62 bits per heavy atom. The van der Waals surface area contributed by atoms with E-state index >= 15 is 0 Å². The molecular formula is C11H11Cl2NO2. The molecule has 1 aromatic rings. The van der Waals surface area contributed by atoms with Gasteiger partial charge in [-0.2, -0.15) is 0 Å². The summed E-state index contributed by atoms with van der Waals surface area (Å²) in [5.74, 6) is -0.986. The second-order valence-corrected chi connectivity index (χ2v) is 3.95. The van der Waals surface area contributed by atoms with Crippen molar-refractivity contribution in [1.82, 2.24) is 5.32 Å². The average molecular weight is 260 g/mol. The van der Waals surface area contributed by atoms with Crippen molar-refractivity contribution in [3.05, 3.63) is 46.0 Å². The molecule has 0 aliphatic heterocycles. The molecular weight excluding hydrogens is 249 g/mol. The Morgan fingerprint density at radius 2 is 2.12 bits per heavy atom. The lowest BCUT2D eigenvalue weighted by molar-refractivity contribution is -0.131. The SMILES string of the molecule is CNC(/C=C/C(=O)O)c1ccc(Cl)c(Cl)c1. The van der Waals surface area contributed by atoms with Gasteiger partial charge < -0.3 is 10.4 Å². The molecule has 1 atom stereocenters. The third-order valence-electron chi connectivity index (χ3n) is 2.05. The second kappa shape index (κ2) is 5.89. The van der Waals surface area contributed by atoms with Crippen LogP contribution in [0.1, 0.15) is 11.6 Å². The molecule has 5 heteroatoms. The van der Waals surface area contributed by atoms with Crippen molar-refractivity contribution in [2.45, 2.75) is 6.04 Å². The maximum Gasteiger partial charge on any atom is 0.328 e. The summed E-state index contributed by atoms with van der Waals surface area (Å²) < 4.78 is 0. The van der Waals surface area contributed by atoms with E-state index in [9.17, 15) is 4.79 Å². The van der Waals surface area contributed by atoms with Crippen LogP contribution in [0.5, 0.6) is 0 Å². The van der Waals surface area contributed by atoms with Gasteiger partial charge in [-0.05, 0) is 24.7 Å². The minimum absolute atomic E-state index is 0.203. The van der Waals surface area contributed by atoms with Crippen molar-refractivity contribution in [3.8, 4) is 0 Å². The summed E-state index contributed by atoms with van der Waals surface area (Å²) in [6.45, 7) is 0. The largest absolute Gasteiger partial charge is 0.478 e. The number of nitrogens with one attached hydrogen (secondary N) is 1. The molecule has 16 heavy (non-hydrogen) atoms. The molecule has 1 aromatic carbocycles. The van der Waals surface area contributed by atoms with Gasteiger partial charge in [0.2, 0.25) is 0 Å². The van der Waals surface area contributed by atoms with Crippen LogP contribution in [0.15, 0.2) is 30.4 Å². The van der Waals surface area contributed by atoms with Gasteiger partial charge in [0.25, 0.3) is 0 Å². The number of carboxylic acids is 1. The molecule has 0 aromatic heterocycles. The molecule has 1 unspecified atom stereocenters. The van der Waals surface area contributed by atoms with Crippen LogP contribution in [-0.4, -0.2) is 18.1 Å². The van der Waals surface area contributed by atoms with Crippen molar-refractivity contribution in [2.75, 3.05) is 7.05 Å². The number of rotatable bonds is 4. The summed E-state index contributed by atoms with van der Waals surface area (Å²) in [7, 11) is 1.74. The summed E-state index contributed by atoms with van der Waals surface area (Å²) in [6, 6.07) is 4.97. The van der Waals surface area contributed by atoms with Gasteiger partial charge in [0.1, 0.15) is 0 Å². The smallest absolute Gasteiger partial charge is 0.328 e. The fourth-order valence-corrected chi connectivity index (χ4v) is 1.56. The van der Waals surface area contributed by atoms with Gasteiger partial charge >= 0.3 is 5.97 Å². The van der Waals surface area contributed by atoms with Crippen LogP contribution in [0.3, 0.4) is 0 Å². The van der Waals surface area contributed by atoms with E-state index in [1.807, 2.05) is 0 Å². The summed E-state index contributed by atoms with van der Waals surface area (Å²) in [5, 5.41) is 12.4. The Morgan fingerprint density at radius 1 is 1.44 bits per heavy atom. The molecule has 0 heterocycles. The number of hydrogen-bond acceptors (Lipinski definition) is 2. The van der Waals surface area contributed by atoms with Gasteiger partial charge in [0.15, 0.2) is 0 Å². The van der Waals surface area contributed by atoms with Crippen LogP contribution in [-0.2, 0) is 4.79 Å². The number of hydrogen-bond donors (Lipinski definition) is 2. The molecule has 0 saturated carbocycles. The van der Waals surface area contributed by atoms with Gasteiger partial charge in [-0.15, -0.1) is 0 Å². The third-order valence-corrected chi connectivity index (χ3v) is 2.78. The molecule has 0 fully saturated rings. The molecule has 0 saturated heterocycles. The molecule has 0 bridgehead atoms. The average Bonchev–Trinajstić information content (AvgIpc) is 2.23. The first-order valence-electron chi connectivity index (χ1n) is 4.58. The van der Waals surface area contributed by atoms with E-state index in [2.05, 4.69) is 5.32 Å². The lowest BCUT2D eigenvalue weighted by atomic mass is 10.1. The van der Waals surface area contributed by atoms with Crippen LogP contribution in [0.4, 0.5) is 0 Å². The Kier molecular flexibility index (Phi) is 4.80. The number of carbonyl (C=O) groups is 1. The molecule has 0 aliphatic carbocycles. The Bertz CT molecular complexity index is 418. The molecule has 0 amide bonds. The highest BCUT2D eigenvalue weighted by Gasteiger charge is 2.07. The zero-order valence-corrected chi connectivity index (χ0v) is 10.1. The Balaban J connectivity index is 2.95. The number of halogens is 2. The fourth-order valence-electron chi connectivity index (χ4n) is 1.26. The number of benzene rings is 1. The standard InChI is InChI=1S/C11H11Cl2NO2/c1-14-10(4-5-11(15)16)7-2-3-8(12)9(13)6-7/h2-6,10,14H,1H3,(H,15,16)/b5-4+. The minimum atomic E-state index is -0.986. The quantitative estimate of drug-likeness (QED) is 0.818. The van der Waals surface area contributed by atoms with Gasteiger partial charge in [-0.3, -0.25) is 0 Å². The first-order chi connectivity index (χ1) is 7.54. The van der Waals surface area contributed by atoms with Crippen LogP contribution in [0.25, 0.3) is 0 Å². The highest BCUT2D eigenvalue weighted by atomic mass is 35.5. The molecule has 0 radical (unpaired) electrons. The van der Waals surface area contributed by atoms with Crippen LogP contribution in [0, 0.1) is 0 Å². The molecule has 0 spiro atoms. The lowest BCUT2D eigenvalue weighted by Crippen LogP contribution is -2.14. The number of aliphatic carboxylic acids is 1. The van der Waals surface area contributed by atoms with Crippen molar-refractivity contribution in [1.29, 1.82) is 0 Å². The van der Waals surface area contributed by atoms with E-state index < -0.39 is 5.97 Å². The normalized spacial score (nSPS) is 12.9. The van der Waals surface area contributed by atoms with E-state index in [1.165, 1.54) is 0 Å². The lowest BCUT2D eigenvalue weighted by Gasteiger charge is -2.12. The van der Waals surface area contributed by atoms with Crippen molar-refractivity contribution >= 4 is 29.2 Å². The second-order valence-electron chi connectivity index (χ2n) is 3.14. The zero-order chi connectivity index (χ0) is 12.1. The Hall–Kier alpha value is -1.03. The van der Waals surface area contributed by atoms with E-state index in [0.29, 0.717) is 10.0 Å². The van der Waals surface area contributed by atoms with E-state index in [-0.39, 0.29) is 6.04 Å². The first-order valence-corrected chi connectivity index (χ1v) is 5.33. The molecule has 86 valence electrons. The maximum atomic E-state index is 10.4. The highest BCUT2D eigenvalue weighted by Crippen LogP contribution is 2.25. The van der Waals surface area contributed by atoms with Crippen LogP contribution >= 0.6 is 23.2 Å². The van der Waals surface area contributed by atoms with Gasteiger partial charge in [0, 0.05) is 6.08 Å². The van der Waals surface area contributed by atoms with Crippen molar-refractivity contribution in [2.24, 2.45) is 0 Å². The van der Waals surface area contributed by atoms with Crippen LogP contribution < -0.4 is 5.32 Å². The van der Waals surface area contributed by atoms with Gasteiger partial charge in [0.05, 0.1) is 16.1 Å². The molecule has 3 nitrogen and oxygen atoms in total. The topological polar surface area (TPSA) is 49.3 Å². The molecule has 0 aliphatic rings. The summed E-state index contributed by atoms with van der Waals surface area (Å²) >= 11 is 11.7. The van der Waals surface area contributed by atoms with E-state index in [4.69, 9.17) is 28.3 Å². The van der Waals surface area contributed by atoms with Gasteiger partial charge in [-0.1, -0.05) is 35.3 Å².